The topological polar surface area (TPSA) is 88.8 Å². The average Bonchev–Trinajstić information content (AvgIpc) is 3.04. The molecule has 0 fully saturated rings. The van der Waals surface area contributed by atoms with Crippen LogP contribution in [0.25, 0.3) is 0 Å². The lowest BCUT2D eigenvalue weighted by Gasteiger charge is -2.13. The van der Waals surface area contributed by atoms with Crippen molar-refractivity contribution >= 4 is 11.9 Å². The van der Waals surface area contributed by atoms with Crippen molar-refractivity contribution < 1.29 is 13.9 Å². The van der Waals surface area contributed by atoms with E-state index < -0.39 is 0 Å². The molecule has 0 saturated carbocycles. The lowest BCUT2D eigenvalue weighted by Crippen LogP contribution is -2.37. The molecule has 0 aliphatic carbocycles. The third kappa shape index (κ3) is 8.56. The van der Waals surface area contributed by atoms with E-state index in [4.69, 9.17) is 4.42 Å². The molecule has 0 saturated heterocycles. The minimum Gasteiger partial charge on any atom is -0.469 e. The Labute approximate surface area is 150 Å². The molecule has 0 spiro atoms. The summed E-state index contributed by atoms with van der Waals surface area (Å²) >= 11 is 0. The molecule has 142 valence electrons. The van der Waals surface area contributed by atoms with E-state index in [9.17, 15) is 4.79 Å². The normalized spacial score (nSPS) is 12.1. The molecule has 1 heterocycles. The largest absolute Gasteiger partial charge is 0.469 e. The van der Waals surface area contributed by atoms with Crippen LogP contribution >= 0.6 is 0 Å². The monoisotopic (exact) mass is 352 g/mol. The number of ether oxygens (including phenoxy) is 1. The molecule has 0 aliphatic heterocycles. The van der Waals surface area contributed by atoms with Crippen molar-refractivity contribution in [3.8, 4) is 0 Å². The van der Waals surface area contributed by atoms with Crippen LogP contribution in [0.1, 0.15) is 65.0 Å². The molecule has 7 heteroatoms. The fourth-order valence-electron chi connectivity index (χ4n) is 2.10. The fourth-order valence-corrected chi connectivity index (χ4v) is 2.10. The van der Waals surface area contributed by atoms with Gasteiger partial charge in [-0.15, -0.1) is 0 Å². The Morgan fingerprint density at radius 1 is 1.28 bits per heavy atom. The molecule has 0 aliphatic rings. The Morgan fingerprint density at radius 3 is 2.64 bits per heavy atom. The number of hydrogen-bond acceptors (Lipinski definition) is 5. The smallest absolute Gasteiger partial charge is 0.305 e. The molecule has 0 atom stereocenters. The highest BCUT2D eigenvalue weighted by Crippen LogP contribution is 2.22. The van der Waals surface area contributed by atoms with E-state index in [2.05, 4.69) is 46.1 Å². The van der Waals surface area contributed by atoms with E-state index in [1.165, 1.54) is 7.11 Å². The van der Waals surface area contributed by atoms with Crippen molar-refractivity contribution in [1.29, 1.82) is 0 Å². The van der Waals surface area contributed by atoms with Crippen LogP contribution in [0.2, 0.25) is 0 Å². The van der Waals surface area contributed by atoms with Gasteiger partial charge in [-0.05, 0) is 19.8 Å². The molecular formula is C18H32N4O3. The number of carbonyl (C=O) groups excluding carboxylic acids is 1. The first kappa shape index (κ1) is 21.0. The summed E-state index contributed by atoms with van der Waals surface area (Å²) in [7, 11) is 1.42. The Morgan fingerprint density at radius 2 is 2.04 bits per heavy atom. The summed E-state index contributed by atoms with van der Waals surface area (Å²) in [6, 6.07) is 0. The number of nitrogens with zero attached hydrogens (tertiary/aromatic N) is 2. The molecule has 0 unspecified atom stereocenters. The highest BCUT2D eigenvalue weighted by Gasteiger charge is 2.18. The molecule has 1 aromatic heterocycles. The van der Waals surface area contributed by atoms with E-state index >= 15 is 0 Å². The summed E-state index contributed by atoms with van der Waals surface area (Å²) in [6.45, 7) is 10.3. The van der Waals surface area contributed by atoms with Crippen LogP contribution in [0.3, 0.4) is 0 Å². The van der Waals surface area contributed by atoms with Crippen LogP contribution in [0.5, 0.6) is 0 Å². The Kier molecular flexibility index (Phi) is 9.02. The zero-order valence-corrected chi connectivity index (χ0v) is 16.1. The van der Waals surface area contributed by atoms with Gasteiger partial charge in [0.05, 0.1) is 13.3 Å². The number of guanidine groups is 1. The molecule has 1 aromatic rings. The molecule has 2 N–H and O–H groups in total. The van der Waals surface area contributed by atoms with Gasteiger partial charge in [-0.1, -0.05) is 27.2 Å². The zero-order valence-electron chi connectivity index (χ0n) is 16.1. The van der Waals surface area contributed by atoms with Crippen LogP contribution in [-0.4, -0.2) is 37.1 Å². The average molecular weight is 352 g/mol. The number of carbonyl (C=O) groups is 1. The second-order valence-corrected chi connectivity index (χ2v) is 6.88. The van der Waals surface area contributed by atoms with E-state index in [1.54, 1.807) is 6.20 Å². The van der Waals surface area contributed by atoms with Crippen molar-refractivity contribution in [2.24, 2.45) is 4.99 Å². The zero-order chi connectivity index (χ0) is 18.7. The summed E-state index contributed by atoms with van der Waals surface area (Å²) in [4.78, 5) is 19.8. The minimum absolute atomic E-state index is 0.0537. The van der Waals surface area contributed by atoms with Crippen molar-refractivity contribution in [3.05, 3.63) is 17.8 Å². The quantitative estimate of drug-likeness (QED) is 0.307. The fraction of sp³-hybridized carbons (Fsp3) is 0.722. The van der Waals surface area contributed by atoms with E-state index in [0.717, 1.165) is 44.1 Å². The summed E-state index contributed by atoms with van der Waals surface area (Å²) in [5.74, 6) is 2.07. The summed E-state index contributed by atoms with van der Waals surface area (Å²) < 4.78 is 10.4. The second-order valence-electron chi connectivity index (χ2n) is 6.88. The van der Waals surface area contributed by atoms with Crippen molar-refractivity contribution in [1.82, 2.24) is 15.6 Å². The van der Waals surface area contributed by atoms with Crippen molar-refractivity contribution in [2.75, 3.05) is 20.2 Å². The predicted octanol–water partition coefficient (Wildman–Crippen LogP) is 2.76. The maximum Gasteiger partial charge on any atom is 0.305 e. The van der Waals surface area contributed by atoms with Gasteiger partial charge in [-0.25, -0.2) is 9.98 Å². The van der Waals surface area contributed by atoms with Crippen LogP contribution < -0.4 is 10.6 Å². The van der Waals surface area contributed by atoms with Gasteiger partial charge in [0.25, 0.3) is 0 Å². The lowest BCUT2D eigenvalue weighted by molar-refractivity contribution is -0.140. The summed E-state index contributed by atoms with van der Waals surface area (Å²) in [6.07, 6.45) is 5.02. The number of oxazole rings is 1. The number of nitrogens with one attached hydrogen (secondary N) is 2. The summed E-state index contributed by atoms with van der Waals surface area (Å²) in [5, 5.41) is 6.49. The number of hydrogen-bond donors (Lipinski definition) is 2. The van der Waals surface area contributed by atoms with E-state index in [0.29, 0.717) is 18.9 Å². The second kappa shape index (κ2) is 10.7. The van der Waals surface area contributed by atoms with Gasteiger partial charge in [-0.3, -0.25) is 4.79 Å². The van der Waals surface area contributed by atoms with Crippen molar-refractivity contribution in [3.63, 3.8) is 0 Å². The first-order valence-electron chi connectivity index (χ1n) is 8.91. The van der Waals surface area contributed by atoms with Crippen LogP contribution in [-0.2, 0) is 21.5 Å². The number of unbranched alkanes of at least 4 members (excludes halogenated alkanes) is 2. The van der Waals surface area contributed by atoms with E-state index in [-0.39, 0.29) is 11.4 Å². The Hall–Kier alpha value is -2.05. The first-order valence-corrected chi connectivity index (χ1v) is 8.91. The van der Waals surface area contributed by atoms with Crippen LogP contribution in [0, 0.1) is 0 Å². The molecule has 0 radical (unpaired) electrons. The van der Waals surface area contributed by atoms with Gasteiger partial charge >= 0.3 is 5.97 Å². The van der Waals surface area contributed by atoms with E-state index in [1.807, 2.05) is 6.92 Å². The van der Waals surface area contributed by atoms with Gasteiger partial charge < -0.3 is 19.8 Å². The van der Waals surface area contributed by atoms with Gasteiger partial charge in [0.1, 0.15) is 12.3 Å². The lowest BCUT2D eigenvalue weighted by atomic mass is 9.94. The molecule has 0 aromatic carbocycles. The first-order chi connectivity index (χ1) is 11.9. The molecule has 0 amide bonds. The number of aliphatic imine (C=N–C) groups is 1. The highest BCUT2D eigenvalue weighted by molar-refractivity contribution is 5.79. The number of rotatable bonds is 9. The third-order valence-electron chi connectivity index (χ3n) is 3.59. The predicted molar refractivity (Wildman–Crippen MR) is 98.5 cm³/mol. The maximum atomic E-state index is 11.0. The van der Waals surface area contributed by atoms with Gasteiger partial charge in [0, 0.05) is 24.9 Å². The van der Waals surface area contributed by atoms with Crippen molar-refractivity contribution in [2.45, 2.75) is 65.3 Å². The standard InChI is InChI=1S/C18H32N4O3/c1-6-19-17(20-11-9-7-8-10-16(23)24-5)22-13-15-21-12-14(25-15)18(2,3)4/h12H,6-11,13H2,1-5H3,(H2,19,20,22). The van der Waals surface area contributed by atoms with Gasteiger partial charge in [-0.2, -0.15) is 0 Å². The number of methoxy groups -OCH3 is 1. The summed E-state index contributed by atoms with van der Waals surface area (Å²) in [5.41, 5.74) is -0.0537. The van der Waals surface area contributed by atoms with Crippen LogP contribution in [0.15, 0.2) is 15.6 Å². The molecule has 7 nitrogen and oxygen atoms in total. The molecule has 25 heavy (non-hydrogen) atoms. The number of aromatic nitrogens is 1. The number of esters is 1. The highest BCUT2D eigenvalue weighted by atomic mass is 16.5. The Balaban J connectivity index is 2.38. The maximum absolute atomic E-state index is 11.0. The molecular weight excluding hydrogens is 320 g/mol. The molecule has 1 rings (SSSR count). The van der Waals surface area contributed by atoms with Crippen LogP contribution in [0.4, 0.5) is 0 Å². The SMILES string of the molecule is CCNC(=NCc1ncc(C(C)(C)C)o1)NCCCCCC(=O)OC. The van der Waals surface area contributed by atoms with Gasteiger partial charge in [0.2, 0.25) is 5.89 Å². The Bertz CT molecular complexity index is 547. The third-order valence-corrected chi connectivity index (χ3v) is 3.59. The van der Waals surface area contributed by atoms with Gasteiger partial charge in [0.15, 0.2) is 5.96 Å². The molecule has 0 bridgehead atoms. The minimum atomic E-state index is -0.150.